The average Bonchev–Trinajstić information content (AvgIpc) is 3.53. The Morgan fingerprint density at radius 3 is 2.53 bits per heavy atom. The van der Waals surface area contributed by atoms with Gasteiger partial charge in [0.2, 0.25) is 0 Å². The van der Waals surface area contributed by atoms with E-state index in [-0.39, 0.29) is 24.5 Å². The number of fused-ring (bicyclic) bond motifs is 1. The average molecular weight is 515 g/mol. The number of halogens is 4. The summed E-state index contributed by atoms with van der Waals surface area (Å²) in [5, 5.41) is 11.8. The molecule has 1 N–H and O–H groups in total. The second-order valence-electron chi connectivity index (χ2n) is 8.68. The lowest BCUT2D eigenvalue weighted by Gasteiger charge is -2.33. The third-order valence-electron chi connectivity index (χ3n) is 6.15. The summed E-state index contributed by atoms with van der Waals surface area (Å²) in [6.07, 6.45) is -1.28. The maximum absolute atomic E-state index is 14.0. The molecule has 1 aliphatic rings. The predicted octanol–water partition coefficient (Wildman–Crippen LogP) is 5.65. The van der Waals surface area contributed by atoms with Gasteiger partial charge in [-0.05, 0) is 41.5 Å². The molecule has 3 heterocycles. The van der Waals surface area contributed by atoms with Crippen LogP contribution in [-0.2, 0) is 6.54 Å². The number of rotatable bonds is 5. The van der Waals surface area contributed by atoms with Crippen molar-refractivity contribution >= 4 is 23.3 Å². The smallest absolute Gasteiger partial charge is 0.363 e. The van der Waals surface area contributed by atoms with Crippen molar-refractivity contribution in [3.8, 4) is 5.69 Å². The van der Waals surface area contributed by atoms with Gasteiger partial charge in [-0.2, -0.15) is 23.4 Å². The third kappa shape index (κ3) is 4.81. The van der Waals surface area contributed by atoms with E-state index in [4.69, 9.17) is 11.6 Å². The lowest BCUT2D eigenvalue weighted by Crippen LogP contribution is -2.35. The van der Waals surface area contributed by atoms with E-state index in [0.717, 1.165) is 15.9 Å². The number of benzene rings is 2. The Morgan fingerprint density at radius 2 is 1.89 bits per heavy atom. The molecule has 0 bridgehead atoms. The summed E-state index contributed by atoms with van der Waals surface area (Å²) < 4.78 is 44.4. The molecule has 1 aliphatic heterocycles. The number of alkyl halides is 3. The number of nitrogens with one attached hydrogen (secondary N) is 1. The molecule has 11 heteroatoms. The van der Waals surface area contributed by atoms with Gasteiger partial charge in [-0.1, -0.05) is 35.9 Å². The first-order valence-electron chi connectivity index (χ1n) is 11.2. The second-order valence-corrected chi connectivity index (χ2v) is 9.12. The van der Waals surface area contributed by atoms with Crippen LogP contribution in [0.15, 0.2) is 73.1 Å². The van der Waals surface area contributed by atoms with E-state index >= 15 is 0 Å². The van der Waals surface area contributed by atoms with E-state index in [1.165, 1.54) is 11.0 Å². The minimum absolute atomic E-state index is 0.0563. The summed E-state index contributed by atoms with van der Waals surface area (Å²) in [5.41, 5.74) is 2.35. The van der Waals surface area contributed by atoms with Gasteiger partial charge in [-0.25, -0.2) is 9.36 Å². The number of carbonyl (C=O) groups is 1. The highest BCUT2D eigenvalue weighted by Crippen LogP contribution is 2.43. The van der Waals surface area contributed by atoms with Gasteiger partial charge in [0.1, 0.15) is 5.82 Å². The quantitative estimate of drug-likeness (QED) is 0.373. The van der Waals surface area contributed by atoms with Crippen LogP contribution in [-0.4, -0.2) is 43.6 Å². The summed E-state index contributed by atoms with van der Waals surface area (Å²) >= 11 is 5.93. The Morgan fingerprint density at radius 1 is 1.17 bits per heavy atom. The van der Waals surface area contributed by atoms with E-state index in [1.54, 1.807) is 42.2 Å². The van der Waals surface area contributed by atoms with Gasteiger partial charge in [-0.3, -0.25) is 4.79 Å². The van der Waals surface area contributed by atoms with Crippen molar-refractivity contribution in [2.75, 3.05) is 12.4 Å². The Labute approximate surface area is 210 Å². The van der Waals surface area contributed by atoms with Crippen LogP contribution >= 0.6 is 11.6 Å². The van der Waals surface area contributed by atoms with Crippen molar-refractivity contribution < 1.29 is 18.0 Å². The SMILES string of the molecule is CN(Cc1ccc(-n2cccn2)cc1)C(=O)c1cc2n(n1)[C@@H](C(F)(F)F)C[C@@H](c1ccc(Cl)cc1)N2. The molecule has 2 aromatic carbocycles. The van der Waals surface area contributed by atoms with Gasteiger partial charge in [-0.15, -0.1) is 0 Å². The molecule has 186 valence electrons. The Balaban J connectivity index is 1.35. The summed E-state index contributed by atoms with van der Waals surface area (Å²) in [4.78, 5) is 14.5. The number of aromatic nitrogens is 4. The molecule has 0 aliphatic carbocycles. The highest BCUT2D eigenvalue weighted by atomic mass is 35.5. The molecular formula is C25H22ClF3N6O. The monoisotopic (exact) mass is 514 g/mol. The van der Waals surface area contributed by atoms with Gasteiger partial charge >= 0.3 is 6.18 Å². The molecule has 1 amide bonds. The first-order chi connectivity index (χ1) is 17.2. The van der Waals surface area contributed by atoms with Crippen molar-refractivity contribution in [3.63, 3.8) is 0 Å². The van der Waals surface area contributed by atoms with Crippen LogP contribution in [0.2, 0.25) is 5.02 Å². The Kier molecular flexibility index (Phi) is 6.21. The van der Waals surface area contributed by atoms with Crippen molar-refractivity contribution in [2.24, 2.45) is 0 Å². The number of carbonyl (C=O) groups excluding carboxylic acids is 1. The van der Waals surface area contributed by atoms with Crippen molar-refractivity contribution in [1.29, 1.82) is 0 Å². The molecular weight excluding hydrogens is 493 g/mol. The molecule has 0 spiro atoms. The van der Waals surface area contributed by atoms with Gasteiger partial charge in [0.25, 0.3) is 5.91 Å². The molecule has 0 radical (unpaired) electrons. The van der Waals surface area contributed by atoms with Crippen LogP contribution in [0.4, 0.5) is 19.0 Å². The second kappa shape index (κ2) is 9.34. The summed E-state index contributed by atoms with van der Waals surface area (Å²) in [6.45, 7) is 0.268. The summed E-state index contributed by atoms with van der Waals surface area (Å²) in [7, 11) is 1.59. The fourth-order valence-corrected chi connectivity index (χ4v) is 4.43. The van der Waals surface area contributed by atoms with E-state index in [2.05, 4.69) is 15.5 Å². The normalized spacial score (nSPS) is 17.4. The lowest BCUT2D eigenvalue weighted by atomic mass is 9.97. The first kappa shape index (κ1) is 23.9. The lowest BCUT2D eigenvalue weighted by molar-refractivity contribution is -0.173. The fraction of sp³-hybridized carbons (Fsp3) is 0.240. The molecule has 5 rings (SSSR count). The number of hydrogen-bond acceptors (Lipinski definition) is 4. The number of nitrogens with zero attached hydrogens (tertiary/aromatic N) is 5. The van der Waals surface area contributed by atoms with Gasteiger partial charge in [0, 0.05) is 43.5 Å². The molecule has 0 unspecified atom stereocenters. The van der Waals surface area contributed by atoms with Crippen LogP contribution in [0, 0.1) is 0 Å². The summed E-state index contributed by atoms with van der Waals surface area (Å²) in [5.74, 6) is -0.331. The molecule has 36 heavy (non-hydrogen) atoms. The van der Waals surface area contributed by atoms with E-state index in [9.17, 15) is 18.0 Å². The Bertz CT molecular complexity index is 1350. The predicted molar refractivity (Wildman–Crippen MR) is 129 cm³/mol. The van der Waals surface area contributed by atoms with Crippen molar-refractivity contribution in [1.82, 2.24) is 24.5 Å². The standard InChI is InChI=1S/C25H22ClF3N6O/c1-33(15-16-3-9-19(10-4-16)34-12-2-11-30-34)24(36)21-14-23-31-20(17-5-7-18(26)8-6-17)13-22(25(27,28)29)35(23)32-21/h2-12,14,20,22,31H,13,15H2,1H3/t20-,22+/m0/s1. The van der Waals surface area contributed by atoms with Crippen LogP contribution in [0.25, 0.3) is 5.69 Å². The zero-order chi connectivity index (χ0) is 25.4. The molecule has 7 nitrogen and oxygen atoms in total. The highest BCUT2D eigenvalue weighted by molar-refractivity contribution is 6.30. The molecule has 2 aromatic heterocycles. The minimum Gasteiger partial charge on any atom is -0.363 e. The Hall–Kier alpha value is -3.79. The third-order valence-corrected chi connectivity index (χ3v) is 6.41. The molecule has 4 aromatic rings. The van der Waals surface area contributed by atoms with Crippen molar-refractivity contribution in [2.45, 2.75) is 31.2 Å². The fourth-order valence-electron chi connectivity index (χ4n) is 4.31. The molecule has 0 saturated carbocycles. The maximum atomic E-state index is 14.0. The number of anilines is 1. The summed E-state index contributed by atoms with van der Waals surface area (Å²) in [6, 6.07) is 14.9. The van der Waals surface area contributed by atoms with Gasteiger partial charge in [0.05, 0.1) is 11.7 Å². The van der Waals surface area contributed by atoms with Crippen LogP contribution in [0.5, 0.6) is 0 Å². The highest BCUT2D eigenvalue weighted by Gasteiger charge is 2.46. The van der Waals surface area contributed by atoms with Gasteiger partial charge < -0.3 is 10.2 Å². The van der Waals surface area contributed by atoms with E-state index in [1.807, 2.05) is 36.5 Å². The topological polar surface area (TPSA) is 68.0 Å². The maximum Gasteiger partial charge on any atom is 0.410 e. The van der Waals surface area contributed by atoms with Crippen LogP contribution < -0.4 is 5.32 Å². The van der Waals surface area contributed by atoms with Crippen LogP contribution in [0.3, 0.4) is 0 Å². The van der Waals surface area contributed by atoms with Crippen LogP contribution in [0.1, 0.15) is 40.1 Å². The molecule has 0 saturated heterocycles. The zero-order valence-corrected chi connectivity index (χ0v) is 19.9. The van der Waals surface area contributed by atoms with Crippen molar-refractivity contribution in [3.05, 3.63) is 94.9 Å². The van der Waals surface area contributed by atoms with E-state index < -0.39 is 24.2 Å². The zero-order valence-electron chi connectivity index (χ0n) is 19.2. The number of amides is 1. The largest absolute Gasteiger partial charge is 0.410 e. The molecule has 2 atom stereocenters. The number of hydrogen-bond donors (Lipinski definition) is 1. The van der Waals surface area contributed by atoms with E-state index in [0.29, 0.717) is 10.6 Å². The minimum atomic E-state index is -4.53. The van der Waals surface area contributed by atoms with Gasteiger partial charge in [0.15, 0.2) is 11.7 Å². The first-order valence-corrected chi connectivity index (χ1v) is 11.6. The molecule has 0 fully saturated rings.